The Bertz CT molecular complexity index is 621. The van der Waals surface area contributed by atoms with Gasteiger partial charge in [0.2, 0.25) is 0 Å². The van der Waals surface area contributed by atoms with Crippen LogP contribution in [0.1, 0.15) is 67.1 Å². The predicted molar refractivity (Wildman–Crippen MR) is 99.9 cm³/mol. The predicted octanol–water partition coefficient (Wildman–Crippen LogP) is 3.57. The zero-order valence-electron chi connectivity index (χ0n) is 16.6. The Morgan fingerprint density at radius 2 is 1.72 bits per heavy atom. The summed E-state index contributed by atoms with van der Waals surface area (Å²) in [6.45, 7) is 15.7. The molecule has 1 aromatic carbocycles. The van der Waals surface area contributed by atoms with Crippen LogP contribution in [0.2, 0.25) is 0 Å². The minimum absolute atomic E-state index is 0.332. The molecule has 0 saturated carbocycles. The maximum atomic E-state index is 12.0. The molecule has 1 unspecified atom stereocenters. The van der Waals surface area contributed by atoms with E-state index in [-0.39, 0.29) is 22.8 Å². The van der Waals surface area contributed by atoms with Crippen molar-refractivity contribution < 1.29 is 18.8 Å². The van der Waals surface area contributed by atoms with E-state index in [9.17, 15) is 4.79 Å². The molecule has 1 aromatic rings. The van der Waals surface area contributed by atoms with Crippen LogP contribution in [0, 0.1) is 0 Å². The highest BCUT2D eigenvalue weighted by Gasteiger charge is 2.51. The van der Waals surface area contributed by atoms with E-state index in [4.69, 9.17) is 14.0 Å². The number of nitrogens with one attached hydrogen (secondary N) is 1. The first-order chi connectivity index (χ1) is 11.3. The van der Waals surface area contributed by atoms with Crippen LogP contribution < -0.4 is 10.8 Å². The number of benzene rings is 1. The van der Waals surface area contributed by atoms with Crippen LogP contribution in [-0.4, -0.2) is 30.0 Å². The lowest BCUT2D eigenvalue weighted by molar-refractivity contribution is 0.00578. The average Bonchev–Trinajstić information content (AvgIpc) is 2.65. The summed E-state index contributed by atoms with van der Waals surface area (Å²) in [6, 6.07) is 7.80. The molecule has 6 heteroatoms. The summed E-state index contributed by atoms with van der Waals surface area (Å²) >= 11 is 0. The van der Waals surface area contributed by atoms with E-state index in [1.54, 1.807) is 0 Å². The molecule has 1 atom stereocenters. The van der Waals surface area contributed by atoms with E-state index < -0.39 is 13.2 Å². The van der Waals surface area contributed by atoms with E-state index in [0.717, 1.165) is 11.0 Å². The summed E-state index contributed by atoms with van der Waals surface area (Å²) in [5.74, 6) is 0. The summed E-state index contributed by atoms with van der Waals surface area (Å²) in [7, 11) is -0.430. The number of ether oxygens (including phenoxy) is 1. The highest BCUT2D eigenvalue weighted by atomic mass is 16.7. The van der Waals surface area contributed by atoms with Gasteiger partial charge in [-0.3, -0.25) is 0 Å². The first-order valence-corrected chi connectivity index (χ1v) is 8.75. The monoisotopic (exact) mass is 347 g/mol. The van der Waals surface area contributed by atoms with Crippen molar-refractivity contribution in [2.24, 2.45) is 0 Å². The van der Waals surface area contributed by atoms with Crippen LogP contribution in [0.15, 0.2) is 24.3 Å². The molecule has 5 nitrogen and oxygen atoms in total. The molecular formula is C19H30BNO4. The van der Waals surface area contributed by atoms with Gasteiger partial charge in [-0.25, -0.2) is 4.79 Å². The lowest BCUT2D eigenvalue weighted by Crippen LogP contribution is -2.41. The third kappa shape index (κ3) is 4.76. The lowest BCUT2D eigenvalue weighted by Gasteiger charge is -2.32. The molecule has 0 bridgehead atoms. The van der Waals surface area contributed by atoms with Gasteiger partial charge >= 0.3 is 13.2 Å². The summed E-state index contributed by atoms with van der Waals surface area (Å²) in [6.07, 6.45) is -0.800. The molecule has 0 aromatic heterocycles. The molecule has 1 amide bonds. The van der Waals surface area contributed by atoms with Crippen molar-refractivity contribution in [3.05, 3.63) is 29.8 Å². The molecule has 25 heavy (non-hydrogen) atoms. The van der Waals surface area contributed by atoms with Gasteiger partial charge in [0.15, 0.2) is 0 Å². The molecule has 0 spiro atoms. The molecule has 1 aliphatic rings. The SMILES string of the molecule is CC(OC(=O)NC(C)(C)C)c1cccc(B2OC(C)(C)C(C)(C)O2)c1. The normalized spacial score (nSPS) is 20.2. The van der Waals surface area contributed by atoms with Crippen molar-refractivity contribution in [2.75, 3.05) is 0 Å². The number of carbonyl (C=O) groups is 1. The summed E-state index contributed by atoms with van der Waals surface area (Å²) in [5, 5.41) is 2.80. The fraction of sp³-hybridized carbons (Fsp3) is 0.632. The van der Waals surface area contributed by atoms with E-state index >= 15 is 0 Å². The maximum absolute atomic E-state index is 12.0. The molecule has 0 aliphatic carbocycles. The average molecular weight is 347 g/mol. The molecule has 1 heterocycles. The number of rotatable bonds is 3. The fourth-order valence-corrected chi connectivity index (χ4v) is 2.50. The van der Waals surface area contributed by atoms with Crippen LogP contribution >= 0.6 is 0 Å². The third-order valence-corrected chi connectivity index (χ3v) is 4.67. The van der Waals surface area contributed by atoms with Crippen molar-refractivity contribution >= 4 is 18.7 Å². The summed E-state index contributed by atoms with van der Waals surface area (Å²) in [5.41, 5.74) is 0.714. The molecule has 2 rings (SSSR count). The lowest BCUT2D eigenvalue weighted by atomic mass is 9.78. The van der Waals surface area contributed by atoms with Crippen molar-refractivity contribution in [2.45, 2.75) is 78.2 Å². The molecular weight excluding hydrogens is 317 g/mol. The zero-order valence-corrected chi connectivity index (χ0v) is 16.6. The highest BCUT2D eigenvalue weighted by molar-refractivity contribution is 6.62. The Hall–Kier alpha value is -1.53. The van der Waals surface area contributed by atoms with E-state index in [0.29, 0.717) is 0 Å². The first-order valence-electron chi connectivity index (χ1n) is 8.75. The van der Waals surface area contributed by atoms with Gasteiger partial charge in [-0.05, 0) is 66.4 Å². The van der Waals surface area contributed by atoms with Crippen molar-refractivity contribution in [1.29, 1.82) is 0 Å². The summed E-state index contributed by atoms with van der Waals surface area (Å²) < 4.78 is 17.7. The van der Waals surface area contributed by atoms with Crippen molar-refractivity contribution in [3.8, 4) is 0 Å². The molecule has 0 radical (unpaired) electrons. The third-order valence-electron chi connectivity index (χ3n) is 4.67. The molecule has 1 aliphatic heterocycles. The Morgan fingerprint density at radius 1 is 1.16 bits per heavy atom. The minimum atomic E-state index is -0.430. The first kappa shape index (κ1) is 19.8. The minimum Gasteiger partial charge on any atom is -0.442 e. The van der Waals surface area contributed by atoms with Gasteiger partial charge in [0.05, 0.1) is 11.2 Å². The van der Waals surface area contributed by atoms with Crippen LogP contribution in [0.25, 0.3) is 0 Å². The van der Waals surface area contributed by atoms with Gasteiger partial charge in [0.25, 0.3) is 0 Å². The van der Waals surface area contributed by atoms with Gasteiger partial charge < -0.3 is 19.4 Å². The van der Waals surface area contributed by atoms with Gasteiger partial charge in [0, 0.05) is 5.54 Å². The van der Waals surface area contributed by atoms with Gasteiger partial charge in [-0.15, -0.1) is 0 Å². The Kier molecular flexibility index (Phi) is 5.27. The molecule has 1 fully saturated rings. The van der Waals surface area contributed by atoms with Crippen LogP contribution in [-0.2, 0) is 14.0 Å². The number of hydrogen-bond acceptors (Lipinski definition) is 4. The second-order valence-corrected chi connectivity index (χ2v) is 8.68. The van der Waals surface area contributed by atoms with Gasteiger partial charge in [0.1, 0.15) is 6.10 Å². The smallest absolute Gasteiger partial charge is 0.442 e. The largest absolute Gasteiger partial charge is 0.494 e. The molecule has 1 N–H and O–H groups in total. The maximum Gasteiger partial charge on any atom is 0.494 e. The number of carbonyl (C=O) groups excluding carboxylic acids is 1. The number of hydrogen-bond donors (Lipinski definition) is 1. The Labute approximate surface area is 151 Å². The van der Waals surface area contributed by atoms with E-state index in [1.807, 2.05) is 79.7 Å². The van der Waals surface area contributed by atoms with E-state index in [2.05, 4.69) is 5.32 Å². The van der Waals surface area contributed by atoms with Gasteiger partial charge in [-0.1, -0.05) is 24.3 Å². The number of alkyl carbamates (subject to hydrolysis) is 1. The van der Waals surface area contributed by atoms with E-state index in [1.165, 1.54) is 0 Å². The summed E-state index contributed by atoms with van der Waals surface area (Å²) in [4.78, 5) is 12.0. The molecule has 1 saturated heterocycles. The van der Waals surface area contributed by atoms with Crippen LogP contribution in [0.5, 0.6) is 0 Å². The Morgan fingerprint density at radius 3 is 2.24 bits per heavy atom. The van der Waals surface area contributed by atoms with Gasteiger partial charge in [-0.2, -0.15) is 0 Å². The second-order valence-electron chi connectivity index (χ2n) is 8.68. The highest BCUT2D eigenvalue weighted by Crippen LogP contribution is 2.36. The Balaban J connectivity index is 2.10. The van der Waals surface area contributed by atoms with Crippen LogP contribution in [0.4, 0.5) is 4.79 Å². The van der Waals surface area contributed by atoms with Crippen LogP contribution in [0.3, 0.4) is 0 Å². The second kappa shape index (κ2) is 6.65. The zero-order chi connectivity index (χ0) is 19.0. The van der Waals surface area contributed by atoms with Crippen molar-refractivity contribution in [3.63, 3.8) is 0 Å². The molecule has 138 valence electrons. The quantitative estimate of drug-likeness (QED) is 0.850. The fourth-order valence-electron chi connectivity index (χ4n) is 2.50. The standard InChI is InChI=1S/C19H30BNO4/c1-13(23-16(22)21-17(2,3)4)14-10-9-11-15(12-14)20-24-18(5,6)19(7,8)25-20/h9-13H,1-8H3,(H,21,22). The number of amides is 1. The van der Waals surface area contributed by atoms with Crippen molar-refractivity contribution in [1.82, 2.24) is 5.32 Å². The topological polar surface area (TPSA) is 56.8 Å².